The van der Waals surface area contributed by atoms with Crippen LogP contribution in [0.4, 0.5) is 0 Å². The van der Waals surface area contributed by atoms with Gasteiger partial charge in [0.25, 0.3) is 5.91 Å². The summed E-state index contributed by atoms with van der Waals surface area (Å²) in [6.45, 7) is 4.21. The van der Waals surface area contributed by atoms with E-state index in [4.69, 9.17) is 0 Å². The van der Waals surface area contributed by atoms with Crippen molar-refractivity contribution in [2.45, 2.75) is 25.0 Å². The highest BCUT2D eigenvalue weighted by molar-refractivity contribution is 8.03. The van der Waals surface area contributed by atoms with Crippen LogP contribution in [0.5, 0.6) is 0 Å². The van der Waals surface area contributed by atoms with Gasteiger partial charge in [-0.05, 0) is 18.1 Å². The van der Waals surface area contributed by atoms with Gasteiger partial charge in [-0.15, -0.1) is 0 Å². The zero-order chi connectivity index (χ0) is 22.5. The molecule has 1 rings (SSSR count). The largest absolute Gasteiger partial charge is 0.747 e. The topological polar surface area (TPSA) is 144 Å². The standard InChI is InChI=1S/C18H26N2O7S2/c1-14(2)6-5-11-20(3,4)13-15-7-9-16(10-8-15)18(21)19-12-17(28(22,23)24)29(25,26)27/h7-10,14,17H,11-13H2,1-4H3,(H2-,19,21,22,23,24,25,26,27)/p-1. The molecule has 1 aromatic carbocycles. The van der Waals surface area contributed by atoms with Crippen LogP contribution in [-0.4, -0.2) is 68.1 Å². The molecule has 1 amide bonds. The van der Waals surface area contributed by atoms with Crippen LogP contribution in [0.2, 0.25) is 0 Å². The van der Waals surface area contributed by atoms with E-state index in [2.05, 4.69) is 11.8 Å². The first-order valence-electron chi connectivity index (χ1n) is 8.69. The number of rotatable bonds is 8. The Morgan fingerprint density at radius 3 is 2.03 bits per heavy atom. The number of amides is 1. The molecule has 0 aliphatic carbocycles. The fourth-order valence-electron chi connectivity index (χ4n) is 2.40. The van der Waals surface area contributed by atoms with Gasteiger partial charge in [0.05, 0.1) is 14.1 Å². The van der Waals surface area contributed by atoms with Crippen molar-refractivity contribution in [2.24, 2.45) is 5.92 Å². The van der Waals surface area contributed by atoms with E-state index in [1.165, 1.54) is 12.1 Å². The van der Waals surface area contributed by atoms with Crippen LogP contribution in [-0.2, 0) is 26.8 Å². The first-order chi connectivity index (χ1) is 13.1. The van der Waals surface area contributed by atoms with Gasteiger partial charge >= 0.3 is 0 Å². The maximum absolute atomic E-state index is 12.1. The van der Waals surface area contributed by atoms with Crippen LogP contribution >= 0.6 is 0 Å². The van der Waals surface area contributed by atoms with Gasteiger partial charge in [-0.1, -0.05) is 31.9 Å². The van der Waals surface area contributed by atoms with Gasteiger partial charge in [0.1, 0.15) is 33.3 Å². The number of benzene rings is 1. The Bertz CT molecular complexity index is 955. The highest BCUT2D eigenvalue weighted by Gasteiger charge is 2.24. The molecule has 0 radical (unpaired) electrons. The summed E-state index contributed by atoms with van der Waals surface area (Å²) in [6, 6.07) is 6.38. The number of hydrogen-bond donors (Lipinski definition) is 1. The Labute approximate surface area is 172 Å². The quantitative estimate of drug-likeness (QED) is 0.339. The van der Waals surface area contributed by atoms with Crippen LogP contribution in [0.3, 0.4) is 0 Å². The molecule has 0 unspecified atom stereocenters. The van der Waals surface area contributed by atoms with Gasteiger partial charge in [0, 0.05) is 23.6 Å². The SMILES string of the molecule is CC(C)C#CC[N+](C)(C)Cc1ccc(C(=O)NCC(S(=O)(=O)[O-])S(=O)(=O)[O-])cc1. The molecule has 1 N–H and O–H groups in total. The van der Waals surface area contributed by atoms with Gasteiger partial charge < -0.3 is 18.9 Å². The number of quaternary nitrogens is 1. The second kappa shape index (κ2) is 9.69. The van der Waals surface area contributed by atoms with E-state index in [0.29, 0.717) is 23.5 Å². The molecule has 0 spiro atoms. The molecule has 0 aromatic heterocycles. The van der Waals surface area contributed by atoms with Crippen molar-refractivity contribution in [1.82, 2.24) is 5.32 Å². The molecule has 0 aliphatic heterocycles. The number of carbonyl (C=O) groups excluding carboxylic acids is 1. The second-order valence-electron chi connectivity index (χ2n) is 7.55. The number of hydrogen-bond acceptors (Lipinski definition) is 7. The minimum Gasteiger partial charge on any atom is -0.747 e. The summed E-state index contributed by atoms with van der Waals surface area (Å²) in [6.07, 6.45) is 0. The molecule has 0 atom stereocenters. The van der Waals surface area contributed by atoms with E-state index in [0.717, 1.165) is 5.56 Å². The predicted molar refractivity (Wildman–Crippen MR) is 105 cm³/mol. The van der Waals surface area contributed by atoms with Crippen LogP contribution in [0, 0.1) is 17.8 Å². The first-order valence-corrected chi connectivity index (χ1v) is 11.6. The lowest BCUT2D eigenvalue weighted by Gasteiger charge is -2.27. The number of nitrogens with one attached hydrogen (secondary N) is 1. The lowest BCUT2D eigenvalue weighted by molar-refractivity contribution is -0.896. The highest BCUT2D eigenvalue weighted by Crippen LogP contribution is 2.11. The summed E-state index contributed by atoms with van der Waals surface area (Å²) in [5, 5.41) is 2.00. The Kier molecular flexibility index (Phi) is 8.37. The maximum atomic E-state index is 12.1. The number of carbonyl (C=O) groups is 1. The summed E-state index contributed by atoms with van der Waals surface area (Å²) < 4.78 is 63.3. The lowest BCUT2D eigenvalue weighted by Crippen LogP contribution is -2.41. The Morgan fingerprint density at radius 1 is 1.07 bits per heavy atom. The molecule has 0 heterocycles. The van der Waals surface area contributed by atoms with E-state index in [9.17, 15) is 30.7 Å². The average Bonchev–Trinajstić information content (AvgIpc) is 2.51. The summed E-state index contributed by atoms with van der Waals surface area (Å²) in [5.41, 5.74) is 1.06. The van der Waals surface area contributed by atoms with Gasteiger partial charge in [-0.25, -0.2) is 16.8 Å². The van der Waals surface area contributed by atoms with Crippen LogP contribution in [0.1, 0.15) is 29.8 Å². The van der Waals surface area contributed by atoms with E-state index < -0.39 is 37.3 Å². The van der Waals surface area contributed by atoms with Crippen LogP contribution in [0.15, 0.2) is 24.3 Å². The second-order valence-corrected chi connectivity index (χ2v) is 11.0. The third kappa shape index (κ3) is 8.93. The molecule has 1 aromatic rings. The van der Waals surface area contributed by atoms with Crippen molar-refractivity contribution < 1.29 is 35.2 Å². The minimum atomic E-state index is -5.42. The van der Waals surface area contributed by atoms with Crippen molar-refractivity contribution >= 4 is 26.1 Å². The molecule has 9 nitrogen and oxygen atoms in total. The summed E-state index contributed by atoms with van der Waals surface area (Å²) >= 11 is 0. The Morgan fingerprint density at radius 2 is 1.59 bits per heavy atom. The van der Waals surface area contributed by atoms with E-state index in [-0.39, 0.29) is 5.56 Å². The Hall–Kier alpha value is -1.97. The van der Waals surface area contributed by atoms with Gasteiger partial charge in [0.15, 0.2) is 4.58 Å². The molecule has 29 heavy (non-hydrogen) atoms. The van der Waals surface area contributed by atoms with Gasteiger partial charge in [-0.3, -0.25) is 4.79 Å². The van der Waals surface area contributed by atoms with Crippen molar-refractivity contribution in [3.63, 3.8) is 0 Å². The minimum absolute atomic E-state index is 0.129. The first kappa shape index (κ1) is 25.1. The van der Waals surface area contributed by atoms with Crippen LogP contribution < -0.4 is 5.32 Å². The van der Waals surface area contributed by atoms with Crippen molar-refractivity contribution in [3.8, 4) is 11.8 Å². The fourth-order valence-corrected chi connectivity index (χ4v) is 4.13. The summed E-state index contributed by atoms with van der Waals surface area (Å²) in [4.78, 5) is 12.1. The average molecular weight is 446 g/mol. The van der Waals surface area contributed by atoms with E-state index >= 15 is 0 Å². The summed E-state index contributed by atoms with van der Waals surface area (Å²) in [7, 11) is -6.81. The molecule has 11 heteroatoms. The predicted octanol–water partition coefficient (Wildman–Crippen LogP) is 0.0687. The molecule has 0 bridgehead atoms. The van der Waals surface area contributed by atoms with Gasteiger partial charge in [-0.2, -0.15) is 0 Å². The molecule has 0 aliphatic rings. The monoisotopic (exact) mass is 445 g/mol. The molecular formula is C18H25N2O7S2-. The van der Waals surface area contributed by atoms with E-state index in [1.807, 2.05) is 33.3 Å². The van der Waals surface area contributed by atoms with Crippen LogP contribution in [0.25, 0.3) is 0 Å². The van der Waals surface area contributed by atoms with Gasteiger partial charge in [0.2, 0.25) is 0 Å². The number of nitrogens with zero attached hydrogens (tertiary/aromatic N) is 1. The molecule has 0 saturated carbocycles. The fraction of sp³-hybridized carbons (Fsp3) is 0.500. The van der Waals surface area contributed by atoms with E-state index in [1.54, 1.807) is 12.1 Å². The Balaban J connectivity index is 2.78. The smallest absolute Gasteiger partial charge is 0.251 e. The third-order valence-corrected chi connectivity index (χ3v) is 6.83. The highest BCUT2D eigenvalue weighted by atomic mass is 32.3. The normalized spacial score (nSPS) is 12.6. The molecular weight excluding hydrogens is 420 g/mol. The third-order valence-electron chi connectivity index (χ3n) is 3.80. The molecule has 0 saturated heterocycles. The summed E-state index contributed by atoms with van der Waals surface area (Å²) in [5.74, 6) is 5.73. The zero-order valence-electron chi connectivity index (χ0n) is 16.7. The maximum Gasteiger partial charge on any atom is 0.251 e. The van der Waals surface area contributed by atoms with Crippen molar-refractivity contribution in [1.29, 1.82) is 0 Å². The molecule has 162 valence electrons. The lowest BCUT2D eigenvalue weighted by atomic mass is 10.1. The molecule has 0 fully saturated rings. The van der Waals surface area contributed by atoms with Crippen molar-refractivity contribution in [3.05, 3.63) is 35.4 Å². The van der Waals surface area contributed by atoms with Crippen molar-refractivity contribution in [2.75, 3.05) is 27.2 Å². The zero-order valence-corrected chi connectivity index (χ0v) is 18.3.